The molecule has 0 saturated carbocycles. The number of carbonyl (C=O) groups excluding carboxylic acids is 1. The summed E-state index contributed by atoms with van der Waals surface area (Å²) < 4.78 is 39.3. The van der Waals surface area contributed by atoms with E-state index in [9.17, 15) is 13.2 Å². The fourth-order valence-electron chi connectivity index (χ4n) is 4.90. The molecule has 0 aliphatic carbocycles. The molecule has 0 saturated heterocycles. The standard InChI is InChI=1S/C33H27N3O5S/c1-40-30-19-25(15-18-29(30)41-22-24-7-3-2-4-8-24)20-34-35-33(37)27-16-13-23(14-17-27)21-36-28-11-5-9-26-10-6-12-31(32(26)28)42(36,38)39/h2-20H,21-22H2,1H3,(H,35,37)/b34-20+. The Hall–Kier alpha value is -5.15. The number of nitrogens with one attached hydrogen (secondary N) is 1. The van der Waals surface area contributed by atoms with Crippen molar-refractivity contribution in [1.82, 2.24) is 5.43 Å². The van der Waals surface area contributed by atoms with Gasteiger partial charge in [0.25, 0.3) is 15.9 Å². The molecule has 1 heterocycles. The van der Waals surface area contributed by atoms with Gasteiger partial charge >= 0.3 is 0 Å². The van der Waals surface area contributed by atoms with Crippen LogP contribution >= 0.6 is 0 Å². The molecule has 0 bridgehead atoms. The number of hydrogen-bond acceptors (Lipinski definition) is 6. The minimum absolute atomic E-state index is 0.156. The third-order valence-electron chi connectivity index (χ3n) is 7.03. The molecule has 1 N–H and O–H groups in total. The Morgan fingerprint density at radius 2 is 1.62 bits per heavy atom. The predicted octanol–water partition coefficient (Wildman–Crippen LogP) is 5.90. The summed E-state index contributed by atoms with van der Waals surface area (Å²) in [6.07, 6.45) is 1.52. The molecule has 0 fully saturated rings. The highest BCUT2D eigenvalue weighted by Gasteiger charge is 2.35. The minimum Gasteiger partial charge on any atom is -0.493 e. The number of anilines is 1. The number of benzene rings is 5. The summed E-state index contributed by atoms with van der Waals surface area (Å²) in [7, 11) is -2.10. The number of hydrazone groups is 1. The number of rotatable bonds is 9. The summed E-state index contributed by atoms with van der Waals surface area (Å²) in [5.74, 6) is 0.764. The molecule has 0 aromatic heterocycles. The average molecular weight is 578 g/mol. The molecule has 6 rings (SSSR count). The van der Waals surface area contributed by atoms with Gasteiger partial charge in [0.2, 0.25) is 0 Å². The summed E-state index contributed by atoms with van der Waals surface area (Å²) in [6, 6.07) is 32.9. The average Bonchev–Trinajstić information content (AvgIpc) is 3.24. The summed E-state index contributed by atoms with van der Waals surface area (Å²) in [5.41, 5.74) is 6.11. The van der Waals surface area contributed by atoms with E-state index in [-0.39, 0.29) is 6.54 Å². The number of nitrogens with zero attached hydrogens (tertiary/aromatic N) is 2. The maximum absolute atomic E-state index is 13.3. The van der Waals surface area contributed by atoms with Crippen molar-refractivity contribution in [2.24, 2.45) is 5.10 Å². The number of sulfonamides is 1. The molecule has 42 heavy (non-hydrogen) atoms. The second-order valence-corrected chi connectivity index (χ2v) is 11.6. The number of ether oxygens (including phenoxy) is 2. The first-order valence-electron chi connectivity index (χ1n) is 13.3. The Kier molecular flexibility index (Phi) is 7.33. The number of methoxy groups -OCH3 is 1. The molecular weight excluding hydrogens is 550 g/mol. The Balaban J connectivity index is 1.09. The lowest BCUT2D eigenvalue weighted by Crippen LogP contribution is -2.26. The zero-order chi connectivity index (χ0) is 29.1. The summed E-state index contributed by atoms with van der Waals surface area (Å²) >= 11 is 0. The lowest BCUT2D eigenvalue weighted by Gasteiger charge is -2.19. The van der Waals surface area contributed by atoms with Crippen molar-refractivity contribution in [3.8, 4) is 11.5 Å². The zero-order valence-corrected chi connectivity index (χ0v) is 23.5. The van der Waals surface area contributed by atoms with Crippen LogP contribution in [0.3, 0.4) is 0 Å². The predicted molar refractivity (Wildman–Crippen MR) is 163 cm³/mol. The Labute approximate surface area is 243 Å². The van der Waals surface area contributed by atoms with E-state index in [1.165, 1.54) is 10.5 Å². The number of carbonyl (C=O) groups is 1. The fraction of sp³-hybridized carbons (Fsp3) is 0.0909. The van der Waals surface area contributed by atoms with Crippen molar-refractivity contribution in [3.05, 3.63) is 131 Å². The van der Waals surface area contributed by atoms with Gasteiger partial charge in [-0.25, -0.2) is 13.8 Å². The monoisotopic (exact) mass is 577 g/mol. The smallest absolute Gasteiger partial charge is 0.271 e. The minimum atomic E-state index is -3.67. The lowest BCUT2D eigenvalue weighted by atomic mass is 10.1. The van der Waals surface area contributed by atoms with Crippen molar-refractivity contribution >= 4 is 38.6 Å². The van der Waals surface area contributed by atoms with Crippen LogP contribution in [-0.2, 0) is 23.2 Å². The Morgan fingerprint density at radius 3 is 2.38 bits per heavy atom. The Bertz CT molecular complexity index is 1900. The van der Waals surface area contributed by atoms with Gasteiger partial charge in [-0.05, 0) is 64.5 Å². The molecule has 8 nitrogen and oxygen atoms in total. The van der Waals surface area contributed by atoms with Crippen LogP contribution < -0.4 is 19.2 Å². The van der Waals surface area contributed by atoms with Gasteiger partial charge in [0, 0.05) is 10.9 Å². The molecule has 210 valence electrons. The molecule has 0 radical (unpaired) electrons. The largest absolute Gasteiger partial charge is 0.493 e. The van der Waals surface area contributed by atoms with Crippen molar-refractivity contribution < 1.29 is 22.7 Å². The molecular formula is C33H27N3O5S. The molecule has 0 unspecified atom stereocenters. The highest BCUT2D eigenvalue weighted by molar-refractivity contribution is 7.93. The van der Waals surface area contributed by atoms with Gasteiger partial charge in [-0.2, -0.15) is 5.10 Å². The first-order chi connectivity index (χ1) is 20.4. The van der Waals surface area contributed by atoms with E-state index in [0.717, 1.165) is 27.5 Å². The van der Waals surface area contributed by atoms with Gasteiger partial charge in [-0.3, -0.25) is 9.10 Å². The van der Waals surface area contributed by atoms with Crippen LogP contribution in [0.25, 0.3) is 10.8 Å². The van der Waals surface area contributed by atoms with Crippen molar-refractivity contribution in [2.75, 3.05) is 11.4 Å². The maximum atomic E-state index is 13.3. The van der Waals surface area contributed by atoms with E-state index in [1.54, 1.807) is 55.6 Å². The zero-order valence-electron chi connectivity index (χ0n) is 22.7. The number of hydrogen-bond donors (Lipinski definition) is 1. The highest BCUT2D eigenvalue weighted by Crippen LogP contribution is 2.42. The van der Waals surface area contributed by atoms with Gasteiger partial charge < -0.3 is 9.47 Å². The van der Waals surface area contributed by atoms with Crippen LogP contribution in [0.2, 0.25) is 0 Å². The maximum Gasteiger partial charge on any atom is 0.271 e. The third kappa shape index (κ3) is 5.29. The highest BCUT2D eigenvalue weighted by atomic mass is 32.2. The molecule has 1 aliphatic rings. The van der Waals surface area contributed by atoms with E-state index in [2.05, 4.69) is 10.5 Å². The summed E-state index contributed by atoms with van der Waals surface area (Å²) in [4.78, 5) is 13.0. The van der Waals surface area contributed by atoms with Crippen molar-refractivity contribution in [2.45, 2.75) is 18.0 Å². The first-order valence-corrected chi connectivity index (χ1v) is 14.7. The molecule has 1 amide bonds. The number of amides is 1. The Morgan fingerprint density at radius 1 is 0.857 bits per heavy atom. The SMILES string of the molecule is COc1cc(/C=N/NC(=O)c2ccc(CN3c4cccc5cccc(c45)S3(=O)=O)cc2)ccc1OCc1ccccc1. The van der Waals surface area contributed by atoms with Crippen molar-refractivity contribution in [1.29, 1.82) is 0 Å². The van der Waals surface area contributed by atoms with Crippen LogP contribution in [0.15, 0.2) is 119 Å². The molecule has 0 atom stereocenters. The van der Waals surface area contributed by atoms with Crippen LogP contribution in [0.4, 0.5) is 5.69 Å². The van der Waals surface area contributed by atoms with E-state index < -0.39 is 15.9 Å². The lowest BCUT2D eigenvalue weighted by molar-refractivity contribution is 0.0955. The summed E-state index contributed by atoms with van der Waals surface area (Å²) in [6.45, 7) is 0.570. The molecule has 1 aliphatic heterocycles. The summed E-state index contributed by atoms with van der Waals surface area (Å²) in [5, 5.41) is 5.70. The second-order valence-electron chi connectivity index (χ2n) is 9.72. The van der Waals surface area contributed by atoms with E-state index in [1.807, 2.05) is 60.7 Å². The fourth-order valence-corrected chi connectivity index (χ4v) is 6.60. The topological polar surface area (TPSA) is 97.3 Å². The quantitative estimate of drug-likeness (QED) is 0.174. The van der Waals surface area contributed by atoms with E-state index in [4.69, 9.17) is 9.47 Å². The van der Waals surface area contributed by atoms with Crippen LogP contribution in [-0.4, -0.2) is 27.6 Å². The van der Waals surface area contributed by atoms with Gasteiger partial charge in [-0.1, -0.05) is 66.7 Å². The first kappa shape index (κ1) is 27.0. The molecule has 9 heteroatoms. The van der Waals surface area contributed by atoms with Gasteiger partial charge in [-0.15, -0.1) is 0 Å². The van der Waals surface area contributed by atoms with E-state index >= 15 is 0 Å². The molecule has 5 aromatic rings. The van der Waals surface area contributed by atoms with Crippen molar-refractivity contribution in [3.63, 3.8) is 0 Å². The second kappa shape index (κ2) is 11.4. The van der Waals surface area contributed by atoms with Crippen LogP contribution in [0.5, 0.6) is 11.5 Å². The van der Waals surface area contributed by atoms with Gasteiger partial charge in [0.05, 0.1) is 30.5 Å². The van der Waals surface area contributed by atoms with E-state index in [0.29, 0.717) is 34.3 Å². The third-order valence-corrected chi connectivity index (χ3v) is 8.83. The van der Waals surface area contributed by atoms with Crippen LogP contribution in [0, 0.1) is 0 Å². The van der Waals surface area contributed by atoms with Crippen LogP contribution in [0.1, 0.15) is 27.0 Å². The normalized spacial score (nSPS) is 13.4. The van der Waals surface area contributed by atoms with Gasteiger partial charge in [0.15, 0.2) is 11.5 Å². The molecule has 5 aromatic carbocycles. The molecule has 0 spiro atoms. The van der Waals surface area contributed by atoms with Gasteiger partial charge in [0.1, 0.15) is 6.61 Å².